The molecule has 1 aliphatic carbocycles. The lowest BCUT2D eigenvalue weighted by Gasteiger charge is -2.23. The zero-order chi connectivity index (χ0) is 23.4. The summed E-state index contributed by atoms with van der Waals surface area (Å²) in [4.78, 5) is 12.7. The van der Waals surface area contributed by atoms with Crippen molar-refractivity contribution in [2.24, 2.45) is 12.2 Å². The second-order valence-electron chi connectivity index (χ2n) is 7.95. The summed E-state index contributed by atoms with van der Waals surface area (Å²) in [5.74, 6) is -1.55. The van der Waals surface area contributed by atoms with Gasteiger partial charge in [0.2, 0.25) is 10.0 Å². The predicted molar refractivity (Wildman–Crippen MR) is 127 cm³/mol. The Balaban J connectivity index is 1.94. The summed E-state index contributed by atoms with van der Waals surface area (Å²) in [6, 6.07) is 11.7. The number of nitrogens with zero attached hydrogens (tertiary/aromatic N) is 1. The van der Waals surface area contributed by atoms with Crippen molar-refractivity contribution in [1.82, 2.24) is 4.57 Å². The van der Waals surface area contributed by atoms with Crippen molar-refractivity contribution in [1.29, 1.82) is 0 Å². The highest BCUT2D eigenvalue weighted by atomic mass is 127. The summed E-state index contributed by atoms with van der Waals surface area (Å²) in [6.45, 7) is 1.57. The van der Waals surface area contributed by atoms with Crippen LogP contribution < -0.4 is 16.0 Å². The van der Waals surface area contributed by atoms with Crippen molar-refractivity contribution in [3.05, 3.63) is 90.8 Å². The van der Waals surface area contributed by atoms with E-state index in [0.29, 0.717) is 14.7 Å². The summed E-state index contributed by atoms with van der Waals surface area (Å²) in [5, 5.41) is 8.61. The van der Waals surface area contributed by atoms with Gasteiger partial charge in [0.05, 0.1) is 5.69 Å². The molecule has 2 aromatic carbocycles. The topological polar surface area (TPSA) is 94.2 Å². The zero-order valence-corrected chi connectivity index (χ0v) is 20.2. The second kappa shape index (κ2) is 7.92. The SMILES string of the molecule is Cc1cc(C2(S(N)(=O)=O)CC2c2cccc(F)c2)c(Nc2ccc(I)cc2F)n(C)c1=O. The average molecular weight is 571 g/mol. The Hall–Kier alpha value is -2.31. The number of sulfonamides is 1. The molecule has 10 heteroatoms. The monoisotopic (exact) mass is 571 g/mol. The number of nitrogens with one attached hydrogen (secondary N) is 1. The maximum atomic E-state index is 14.6. The number of benzene rings is 2. The van der Waals surface area contributed by atoms with Gasteiger partial charge < -0.3 is 5.32 Å². The minimum atomic E-state index is -4.21. The summed E-state index contributed by atoms with van der Waals surface area (Å²) >= 11 is 1.97. The first kappa shape index (κ1) is 22.9. The van der Waals surface area contributed by atoms with Gasteiger partial charge in [0, 0.05) is 27.7 Å². The number of hydrogen-bond acceptors (Lipinski definition) is 4. The molecule has 32 heavy (non-hydrogen) atoms. The van der Waals surface area contributed by atoms with Crippen LogP contribution >= 0.6 is 22.6 Å². The minimum absolute atomic E-state index is 0.0815. The van der Waals surface area contributed by atoms with Gasteiger partial charge in [-0.3, -0.25) is 9.36 Å². The highest BCUT2D eigenvalue weighted by Crippen LogP contribution is 2.64. The maximum Gasteiger partial charge on any atom is 0.254 e. The van der Waals surface area contributed by atoms with Crippen LogP contribution in [0.3, 0.4) is 0 Å². The number of anilines is 2. The van der Waals surface area contributed by atoms with E-state index in [1.165, 1.54) is 48.0 Å². The number of halogens is 3. The van der Waals surface area contributed by atoms with Gasteiger partial charge in [0.15, 0.2) is 0 Å². The smallest absolute Gasteiger partial charge is 0.254 e. The van der Waals surface area contributed by atoms with Gasteiger partial charge in [-0.15, -0.1) is 0 Å². The molecule has 3 aromatic rings. The van der Waals surface area contributed by atoms with Gasteiger partial charge in [-0.2, -0.15) is 0 Å². The van der Waals surface area contributed by atoms with E-state index >= 15 is 0 Å². The van der Waals surface area contributed by atoms with Crippen LogP contribution in [0.1, 0.15) is 29.0 Å². The molecule has 1 saturated carbocycles. The standard InChI is InChI=1S/C22H20F2IN3O3S/c1-12-8-16(20(28(2)21(12)29)27-19-7-6-15(25)10-18(19)24)22(32(26,30)31)11-17(22)13-4-3-5-14(23)9-13/h3-10,17,27H,11H2,1-2H3,(H2,26,30,31). The van der Waals surface area contributed by atoms with Crippen LogP contribution in [0.25, 0.3) is 0 Å². The minimum Gasteiger partial charge on any atom is -0.339 e. The number of aromatic nitrogens is 1. The van der Waals surface area contributed by atoms with Gasteiger partial charge in [-0.05, 0) is 77.9 Å². The molecule has 0 amide bonds. The third kappa shape index (κ3) is 3.73. The third-order valence-corrected chi connectivity index (χ3v) is 8.26. The Labute approximate surface area is 197 Å². The van der Waals surface area contributed by atoms with Crippen LogP contribution in [0.15, 0.2) is 53.3 Å². The highest BCUT2D eigenvalue weighted by Gasteiger charge is 2.65. The quantitative estimate of drug-likeness (QED) is 0.453. The Morgan fingerprint density at radius 1 is 1.19 bits per heavy atom. The summed E-state index contributed by atoms with van der Waals surface area (Å²) in [5.41, 5.74) is 0.750. The Bertz CT molecular complexity index is 1410. The molecule has 2 unspecified atom stereocenters. The normalized spacial score (nSPS) is 20.2. The van der Waals surface area contributed by atoms with Crippen LogP contribution in [0.2, 0.25) is 0 Å². The van der Waals surface area contributed by atoms with Crippen LogP contribution in [0.5, 0.6) is 0 Å². The molecule has 1 heterocycles. The Morgan fingerprint density at radius 3 is 2.53 bits per heavy atom. The van der Waals surface area contributed by atoms with Gasteiger partial charge in [-0.25, -0.2) is 22.3 Å². The molecule has 0 aliphatic heterocycles. The number of pyridine rings is 1. The van der Waals surface area contributed by atoms with Crippen molar-refractivity contribution < 1.29 is 17.2 Å². The largest absolute Gasteiger partial charge is 0.339 e. The molecule has 3 N–H and O–H groups in total. The van der Waals surface area contributed by atoms with E-state index in [9.17, 15) is 22.0 Å². The molecule has 4 rings (SSSR count). The maximum absolute atomic E-state index is 14.6. The van der Waals surface area contributed by atoms with Gasteiger partial charge in [-0.1, -0.05) is 12.1 Å². The number of nitrogens with two attached hydrogens (primary N) is 1. The van der Waals surface area contributed by atoms with Crippen molar-refractivity contribution in [3.63, 3.8) is 0 Å². The first-order valence-electron chi connectivity index (χ1n) is 9.66. The van der Waals surface area contributed by atoms with E-state index < -0.39 is 32.3 Å². The Kier molecular flexibility index (Phi) is 5.66. The van der Waals surface area contributed by atoms with Gasteiger partial charge >= 0.3 is 0 Å². The van der Waals surface area contributed by atoms with E-state index in [1.807, 2.05) is 22.6 Å². The highest BCUT2D eigenvalue weighted by molar-refractivity contribution is 14.1. The molecule has 0 saturated heterocycles. The van der Waals surface area contributed by atoms with Gasteiger partial charge in [0.1, 0.15) is 22.2 Å². The first-order chi connectivity index (χ1) is 15.0. The van der Waals surface area contributed by atoms with Crippen molar-refractivity contribution >= 4 is 44.1 Å². The third-order valence-electron chi connectivity index (χ3n) is 5.90. The number of rotatable bonds is 5. The molecular formula is C22H20F2IN3O3S. The predicted octanol–water partition coefficient (Wildman–Crippen LogP) is 3.99. The zero-order valence-electron chi connectivity index (χ0n) is 17.2. The van der Waals surface area contributed by atoms with Crippen LogP contribution in [0.4, 0.5) is 20.3 Å². The number of hydrogen-bond donors (Lipinski definition) is 2. The number of aryl methyl sites for hydroxylation is 1. The summed E-state index contributed by atoms with van der Waals surface area (Å²) < 4.78 is 54.6. The van der Waals surface area contributed by atoms with Crippen LogP contribution in [0, 0.1) is 22.1 Å². The molecule has 0 bridgehead atoms. The molecule has 0 spiro atoms. The molecule has 1 aliphatic rings. The summed E-state index contributed by atoms with van der Waals surface area (Å²) in [7, 11) is -2.73. The van der Waals surface area contributed by atoms with E-state index in [1.54, 1.807) is 19.1 Å². The van der Waals surface area contributed by atoms with E-state index in [-0.39, 0.29) is 29.0 Å². The lowest BCUT2D eigenvalue weighted by molar-refractivity contribution is 0.578. The first-order valence-corrected chi connectivity index (χ1v) is 12.3. The van der Waals surface area contributed by atoms with Gasteiger partial charge in [0.25, 0.3) is 5.56 Å². The molecule has 6 nitrogen and oxygen atoms in total. The Morgan fingerprint density at radius 2 is 1.91 bits per heavy atom. The average Bonchev–Trinajstić information content (AvgIpc) is 3.47. The molecule has 2 atom stereocenters. The molecule has 1 fully saturated rings. The molecule has 168 valence electrons. The van der Waals surface area contributed by atoms with Crippen LogP contribution in [-0.2, 0) is 21.8 Å². The molecule has 1 aromatic heterocycles. The van der Waals surface area contributed by atoms with E-state index in [2.05, 4.69) is 5.32 Å². The van der Waals surface area contributed by atoms with E-state index in [4.69, 9.17) is 5.14 Å². The fourth-order valence-electron chi connectivity index (χ4n) is 4.21. The molecular weight excluding hydrogens is 551 g/mol. The van der Waals surface area contributed by atoms with Crippen molar-refractivity contribution in [2.75, 3.05) is 5.32 Å². The summed E-state index contributed by atoms with van der Waals surface area (Å²) in [6.07, 6.45) is 0.108. The number of primary sulfonamides is 1. The fraction of sp³-hybridized carbons (Fsp3) is 0.227. The van der Waals surface area contributed by atoms with Crippen molar-refractivity contribution in [3.8, 4) is 0 Å². The van der Waals surface area contributed by atoms with E-state index in [0.717, 1.165) is 0 Å². The second-order valence-corrected chi connectivity index (χ2v) is 11.0. The molecule has 0 radical (unpaired) electrons. The fourth-order valence-corrected chi connectivity index (χ4v) is 6.05. The van der Waals surface area contributed by atoms with Crippen LogP contribution in [-0.4, -0.2) is 13.0 Å². The lowest BCUT2D eigenvalue weighted by Crippen LogP contribution is -2.34. The lowest BCUT2D eigenvalue weighted by atomic mass is 10.0. The van der Waals surface area contributed by atoms with Crippen molar-refractivity contribution in [2.45, 2.75) is 24.0 Å².